The first-order chi connectivity index (χ1) is 8.99. The number of carbonyl (C=O) groups is 2. The van der Waals surface area contributed by atoms with Gasteiger partial charge in [0.15, 0.2) is 0 Å². The van der Waals surface area contributed by atoms with Crippen LogP contribution in [0, 0.1) is 0 Å². The van der Waals surface area contributed by atoms with Crippen molar-refractivity contribution in [1.82, 2.24) is 10.2 Å². The smallest absolute Gasteiger partial charge is 0.319 e. The standard InChI is InChI=1S/C15H20N2O2/c1-15(2,10-8-12-6-4-3-5-7-12)17-11-9-13(18)16-14(17)19/h3-7H,8-11H2,1-2H3,(H,16,18,19). The van der Waals surface area contributed by atoms with Gasteiger partial charge in [-0.25, -0.2) is 4.79 Å². The van der Waals surface area contributed by atoms with Gasteiger partial charge in [0.1, 0.15) is 0 Å². The quantitative estimate of drug-likeness (QED) is 0.903. The van der Waals surface area contributed by atoms with E-state index in [1.807, 2.05) is 32.0 Å². The molecular formula is C15H20N2O2. The minimum Gasteiger partial charge on any atom is -0.319 e. The second kappa shape index (κ2) is 5.43. The lowest BCUT2D eigenvalue weighted by atomic mass is 9.93. The molecule has 1 aromatic rings. The van der Waals surface area contributed by atoms with Crippen molar-refractivity contribution in [3.63, 3.8) is 0 Å². The van der Waals surface area contributed by atoms with E-state index in [1.165, 1.54) is 5.56 Å². The number of carbonyl (C=O) groups excluding carboxylic acids is 2. The van der Waals surface area contributed by atoms with Crippen LogP contribution < -0.4 is 5.32 Å². The lowest BCUT2D eigenvalue weighted by Gasteiger charge is -2.40. The molecule has 0 bridgehead atoms. The molecule has 102 valence electrons. The van der Waals surface area contributed by atoms with Crippen molar-refractivity contribution in [3.05, 3.63) is 35.9 Å². The topological polar surface area (TPSA) is 49.4 Å². The summed E-state index contributed by atoms with van der Waals surface area (Å²) in [5.74, 6) is -0.180. The van der Waals surface area contributed by atoms with Crippen LogP contribution in [0.5, 0.6) is 0 Å². The van der Waals surface area contributed by atoms with Crippen LogP contribution in [0.3, 0.4) is 0 Å². The second-order valence-corrected chi connectivity index (χ2v) is 5.55. The van der Waals surface area contributed by atoms with Crippen LogP contribution in [-0.2, 0) is 11.2 Å². The van der Waals surface area contributed by atoms with E-state index in [1.54, 1.807) is 4.90 Å². The molecule has 4 heteroatoms. The summed E-state index contributed by atoms with van der Waals surface area (Å²) >= 11 is 0. The molecule has 0 radical (unpaired) electrons. The van der Waals surface area contributed by atoms with Gasteiger partial charge in [0.2, 0.25) is 5.91 Å². The number of hydrogen-bond acceptors (Lipinski definition) is 2. The van der Waals surface area contributed by atoms with Crippen molar-refractivity contribution >= 4 is 11.9 Å². The summed E-state index contributed by atoms with van der Waals surface area (Å²) in [5, 5.41) is 2.38. The molecule has 19 heavy (non-hydrogen) atoms. The number of imide groups is 1. The minimum absolute atomic E-state index is 0.180. The van der Waals surface area contributed by atoms with Crippen molar-refractivity contribution in [2.75, 3.05) is 6.54 Å². The van der Waals surface area contributed by atoms with Crippen LogP contribution in [0.15, 0.2) is 30.3 Å². The molecule has 0 spiro atoms. The third kappa shape index (κ3) is 3.34. The largest absolute Gasteiger partial charge is 0.324 e. The van der Waals surface area contributed by atoms with Crippen LogP contribution in [-0.4, -0.2) is 28.9 Å². The van der Waals surface area contributed by atoms with Gasteiger partial charge in [-0.1, -0.05) is 30.3 Å². The summed E-state index contributed by atoms with van der Waals surface area (Å²) in [6.45, 7) is 4.60. The molecule has 4 nitrogen and oxygen atoms in total. The van der Waals surface area contributed by atoms with E-state index in [2.05, 4.69) is 17.4 Å². The molecule has 1 aliphatic rings. The van der Waals surface area contributed by atoms with Gasteiger partial charge in [0.25, 0.3) is 0 Å². The normalized spacial score (nSPS) is 16.4. The predicted octanol–water partition coefficient (Wildman–Crippen LogP) is 2.34. The molecule has 3 amide bonds. The summed E-state index contributed by atoms with van der Waals surface area (Å²) in [7, 11) is 0. The van der Waals surface area contributed by atoms with E-state index in [0.29, 0.717) is 13.0 Å². The van der Waals surface area contributed by atoms with Crippen LogP contribution in [0.2, 0.25) is 0 Å². The van der Waals surface area contributed by atoms with Gasteiger partial charge >= 0.3 is 6.03 Å². The lowest BCUT2D eigenvalue weighted by molar-refractivity contribution is -0.122. The SMILES string of the molecule is CC(C)(CCc1ccccc1)N1CCC(=O)NC1=O. The fraction of sp³-hybridized carbons (Fsp3) is 0.467. The third-order valence-corrected chi connectivity index (χ3v) is 3.65. The molecule has 1 aliphatic heterocycles. The summed E-state index contributed by atoms with van der Waals surface area (Å²) in [5.41, 5.74) is 1.02. The highest BCUT2D eigenvalue weighted by Gasteiger charge is 2.34. The zero-order chi connectivity index (χ0) is 13.9. The molecule has 0 saturated carbocycles. The summed E-state index contributed by atoms with van der Waals surface area (Å²) in [4.78, 5) is 24.8. The summed E-state index contributed by atoms with van der Waals surface area (Å²) in [6, 6.07) is 9.96. The average molecular weight is 260 g/mol. The number of amides is 3. The Labute approximate surface area is 113 Å². The number of hydrogen-bond donors (Lipinski definition) is 1. The van der Waals surface area contributed by atoms with Crippen molar-refractivity contribution in [2.45, 2.75) is 38.6 Å². The highest BCUT2D eigenvalue weighted by atomic mass is 16.2. The fourth-order valence-electron chi connectivity index (χ4n) is 2.37. The molecule has 1 fully saturated rings. The van der Waals surface area contributed by atoms with Crippen molar-refractivity contribution in [1.29, 1.82) is 0 Å². The van der Waals surface area contributed by atoms with Gasteiger partial charge in [-0.2, -0.15) is 0 Å². The Kier molecular flexibility index (Phi) is 3.88. The Morgan fingerprint density at radius 1 is 1.21 bits per heavy atom. The van der Waals surface area contributed by atoms with Crippen molar-refractivity contribution in [2.24, 2.45) is 0 Å². The number of nitrogens with one attached hydrogen (secondary N) is 1. The van der Waals surface area contributed by atoms with E-state index < -0.39 is 0 Å². The highest BCUT2D eigenvalue weighted by molar-refractivity contribution is 5.96. The molecule has 1 saturated heterocycles. The summed E-state index contributed by atoms with van der Waals surface area (Å²) < 4.78 is 0. The Morgan fingerprint density at radius 2 is 1.89 bits per heavy atom. The van der Waals surface area contributed by atoms with E-state index in [9.17, 15) is 9.59 Å². The molecule has 0 unspecified atom stereocenters. The number of rotatable bonds is 4. The maximum atomic E-state index is 11.9. The van der Waals surface area contributed by atoms with E-state index in [4.69, 9.17) is 0 Å². The lowest BCUT2D eigenvalue weighted by Crippen LogP contribution is -2.57. The van der Waals surface area contributed by atoms with Crippen molar-refractivity contribution in [3.8, 4) is 0 Å². The van der Waals surface area contributed by atoms with Crippen molar-refractivity contribution < 1.29 is 9.59 Å². The van der Waals surface area contributed by atoms with Gasteiger partial charge < -0.3 is 4.90 Å². The molecular weight excluding hydrogens is 240 g/mol. The van der Waals surface area contributed by atoms with Gasteiger partial charge in [0, 0.05) is 18.5 Å². The van der Waals surface area contributed by atoms with Crippen LogP contribution in [0.25, 0.3) is 0 Å². The first kappa shape index (κ1) is 13.6. The number of urea groups is 1. The minimum atomic E-state index is -0.269. The molecule has 1 aromatic carbocycles. The predicted molar refractivity (Wildman–Crippen MR) is 73.7 cm³/mol. The fourth-order valence-corrected chi connectivity index (χ4v) is 2.37. The van der Waals surface area contributed by atoms with E-state index >= 15 is 0 Å². The Bertz CT molecular complexity index is 468. The van der Waals surface area contributed by atoms with E-state index in [-0.39, 0.29) is 17.5 Å². The Balaban J connectivity index is 1.98. The number of nitrogens with zero attached hydrogens (tertiary/aromatic N) is 1. The Morgan fingerprint density at radius 3 is 2.53 bits per heavy atom. The van der Waals surface area contributed by atoms with Crippen LogP contribution >= 0.6 is 0 Å². The van der Waals surface area contributed by atoms with Crippen LogP contribution in [0.1, 0.15) is 32.3 Å². The zero-order valence-electron chi connectivity index (χ0n) is 11.5. The molecule has 0 aromatic heterocycles. The molecule has 2 rings (SSSR count). The first-order valence-corrected chi connectivity index (χ1v) is 6.64. The maximum absolute atomic E-state index is 11.9. The molecule has 1 heterocycles. The highest BCUT2D eigenvalue weighted by Crippen LogP contribution is 2.23. The zero-order valence-corrected chi connectivity index (χ0v) is 11.5. The maximum Gasteiger partial charge on any atom is 0.324 e. The average Bonchev–Trinajstić information content (AvgIpc) is 2.37. The molecule has 0 aliphatic carbocycles. The van der Waals surface area contributed by atoms with Gasteiger partial charge in [-0.3, -0.25) is 10.1 Å². The van der Waals surface area contributed by atoms with Crippen LogP contribution in [0.4, 0.5) is 4.79 Å². The second-order valence-electron chi connectivity index (χ2n) is 5.55. The van der Waals surface area contributed by atoms with E-state index in [0.717, 1.165) is 12.8 Å². The van der Waals surface area contributed by atoms with Gasteiger partial charge in [-0.15, -0.1) is 0 Å². The monoisotopic (exact) mass is 260 g/mol. The van der Waals surface area contributed by atoms with Gasteiger partial charge in [0.05, 0.1) is 0 Å². The number of aryl methyl sites for hydroxylation is 1. The third-order valence-electron chi connectivity index (χ3n) is 3.65. The molecule has 1 N–H and O–H groups in total. The Hall–Kier alpha value is -1.84. The number of benzene rings is 1. The van der Waals surface area contributed by atoms with Gasteiger partial charge in [-0.05, 0) is 32.3 Å². The molecule has 0 atom stereocenters. The summed E-state index contributed by atoms with van der Waals surface area (Å²) in [6.07, 6.45) is 2.19. The first-order valence-electron chi connectivity index (χ1n) is 6.64.